The zero-order valence-electron chi connectivity index (χ0n) is 11.9. The number of rotatable bonds is 5. The number of benzene rings is 1. The van der Waals surface area contributed by atoms with Crippen molar-refractivity contribution in [3.05, 3.63) is 30.0 Å². The number of ether oxygens (including phenoxy) is 2. The Morgan fingerprint density at radius 2 is 2.15 bits per heavy atom. The van der Waals surface area contributed by atoms with Gasteiger partial charge in [-0.3, -0.25) is 9.78 Å². The number of methoxy groups -OCH3 is 1. The molecule has 1 N–H and O–H groups in total. The summed E-state index contributed by atoms with van der Waals surface area (Å²) in [5.41, 5.74) is 1.66. The normalized spacial score (nSPS) is 10.3. The summed E-state index contributed by atoms with van der Waals surface area (Å²) in [6.45, 7) is 4.34. The molecule has 0 radical (unpaired) electrons. The predicted molar refractivity (Wildman–Crippen MR) is 77.2 cm³/mol. The summed E-state index contributed by atoms with van der Waals surface area (Å²) in [7, 11) is 1.61. The van der Waals surface area contributed by atoms with Crippen LogP contribution in [0, 0.1) is 6.92 Å². The Morgan fingerprint density at radius 3 is 2.85 bits per heavy atom. The van der Waals surface area contributed by atoms with Gasteiger partial charge in [0.1, 0.15) is 11.5 Å². The topological polar surface area (TPSA) is 60.5 Å². The molecule has 0 aliphatic heterocycles. The lowest BCUT2D eigenvalue weighted by Crippen LogP contribution is -2.28. The van der Waals surface area contributed by atoms with Crippen LogP contribution in [0.25, 0.3) is 10.9 Å². The summed E-state index contributed by atoms with van der Waals surface area (Å²) in [5.74, 6) is 1.22. The summed E-state index contributed by atoms with van der Waals surface area (Å²) in [6.07, 6.45) is 0. The molecule has 0 unspecified atom stereocenters. The van der Waals surface area contributed by atoms with Crippen LogP contribution in [0.15, 0.2) is 24.3 Å². The van der Waals surface area contributed by atoms with Crippen molar-refractivity contribution in [2.75, 3.05) is 20.3 Å². The maximum Gasteiger partial charge on any atom is 0.257 e. The second-order valence-corrected chi connectivity index (χ2v) is 4.39. The van der Waals surface area contributed by atoms with Crippen molar-refractivity contribution in [2.24, 2.45) is 0 Å². The summed E-state index contributed by atoms with van der Waals surface area (Å²) in [5, 5.41) is 3.53. The second-order valence-electron chi connectivity index (χ2n) is 4.39. The Morgan fingerprint density at radius 1 is 1.35 bits per heavy atom. The lowest BCUT2D eigenvalue weighted by atomic mass is 10.1. The van der Waals surface area contributed by atoms with Crippen LogP contribution in [0.2, 0.25) is 0 Å². The number of carbonyl (C=O) groups is 1. The Hall–Kier alpha value is -2.30. The molecule has 1 aromatic heterocycles. The van der Waals surface area contributed by atoms with E-state index < -0.39 is 0 Å². The molecule has 0 bridgehead atoms. The first-order valence-corrected chi connectivity index (χ1v) is 6.49. The highest BCUT2D eigenvalue weighted by Crippen LogP contribution is 2.28. The number of pyridine rings is 1. The van der Waals surface area contributed by atoms with Crippen molar-refractivity contribution in [3.8, 4) is 11.5 Å². The minimum absolute atomic E-state index is 0.0103. The second kappa shape index (κ2) is 6.23. The number of hydrogen-bond donors (Lipinski definition) is 1. The van der Waals surface area contributed by atoms with Gasteiger partial charge in [-0.25, -0.2) is 0 Å². The van der Waals surface area contributed by atoms with Gasteiger partial charge in [0.05, 0.1) is 12.6 Å². The fraction of sp³-hybridized carbons (Fsp3) is 0.333. The molecular formula is C15H18N2O3. The van der Waals surface area contributed by atoms with E-state index in [1.807, 2.05) is 38.1 Å². The first kappa shape index (κ1) is 14.1. The molecule has 0 saturated carbocycles. The number of likely N-dealkylation sites (N-methyl/N-ethyl adjacent to an activating group) is 1. The average molecular weight is 274 g/mol. The number of nitrogens with zero attached hydrogens (tertiary/aromatic N) is 1. The monoisotopic (exact) mass is 274 g/mol. The lowest BCUT2D eigenvalue weighted by molar-refractivity contribution is -0.122. The number of aryl methyl sites for hydroxylation is 1. The van der Waals surface area contributed by atoms with Crippen molar-refractivity contribution in [2.45, 2.75) is 13.8 Å². The molecule has 0 aliphatic carbocycles. The van der Waals surface area contributed by atoms with Crippen molar-refractivity contribution in [3.63, 3.8) is 0 Å². The number of carbonyl (C=O) groups excluding carboxylic acids is 1. The molecule has 0 fully saturated rings. The van der Waals surface area contributed by atoms with E-state index in [0.717, 1.165) is 22.3 Å². The van der Waals surface area contributed by atoms with E-state index in [4.69, 9.17) is 9.47 Å². The number of nitrogens with one attached hydrogen (secondary N) is 1. The molecule has 2 rings (SSSR count). The highest BCUT2D eigenvalue weighted by molar-refractivity contribution is 5.87. The summed E-state index contributed by atoms with van der Waals surface area (Å²) < 4.78 is 10.8. The van der Waals surface area contributed by atoms with Crippen LogP contribution in [-0.4, -0.2) is 31.2 Å². The van der Waals surface area contributed by atoms with E-state index in [-0.39, 0.29) is 12.5 Å². The fourth-order valence-electron chi connectivity index (χ4n) is 1.94. The number of amides is 1. The molecule has 0 saturated heterocycles. The van der Waals surface area contributed by atoms with Crippen LogP contribution in [0.1, 0.15) is 12.6 Å². The Balaban J connectivity index is 2.32. The van der Waals surface area contributed by atoms with Gasteiger partial charge < -0.3 is 14.8 Å². The predicted octanol–water partition coefficient (Wildman–Crippen LogP) is 2.07. The van der Waals surface area contributed by atoms with Gasteiger partial charge in [0, 0.05) is 23.7 Å². The first-order chi connectivity index (χ1) is 9.63. The highest BCUT2D eigenvalue weighted by atomic mass is 16.5. The zero-order chi connectivity index (χ0) is 14.5. The van der Waals surface area contributed by atoms with E-state index in [9.17, 15) is 4.79 Å². The SMILES string of the molecule is CCNC(=O)COc1cc(C)nc2ccc(OC)cc12. The first-order valence-electron chi connectivity index (χ1n) is 6.49. The molecule has 2 aromatic rings. The molecule has 5 nitrogen and oxygen atoms in total. The van der Waals surface area contributed by atoms with Gasteiger partial charge in [0.25, 0.3) is 5.91 Å². The van der Waals surface area contributed by atoms with Gasteiger partial charge >= 0.3 is 0 Å². The van der Waals surface area contributed by atoms with E-state index in [1.165, 1.54) is 0 Å². The van der Waals surface area contributed by atoms with Gasteiger partial charge in [-0.05, 0) is 32.0 Å². The lowest BCUT2D eigenvalue weighted by Gasteiger charge is -2.11. The standard InChI is InChI=1S/C15H18N2O3/c1-4-16-15(18)9-20-14-7-10(2)17-13-6-5-11(19-3)8-12(13)14/h5-8H,4,9H2,1-3H3,(H,16,18). The molecule has 0 atom stereocenters. The summed E-state index contributed by atoms with van der Waals surface area (Å²) in [4.78, 5) is 15.9. The van der Waals surface area contributed by atoms with Crippen molar-refractivity contribution in [1.29, 1.82) is 0 Å². The minimum Gasteiger partial charge on any atom is -0.497 e. The van der Waals surface area contributed by atoms with E-state index in [2.05, 4.69) is 10.3 Å². The third kappa shape index (κ3) is 3.17. The molecule has 106 valence electrons. The van der Waals surface area contributed by atoms with Crippen LogP contribution in [0.4, 0.5) is 0 Å². The third-order valence-electron chi connectivity index (χ3n) is 2.84. The Kier molecular flexibility index (Phi) is 4.40. The summed E-state index contributed by atoms with van der Waals surface area (Å²) >= 11 is 0. The molecule has 1 heterocycles. The minimum atomic E-state index is -0.141. The van der Waals surface area contributed by atoms with Crippen molar-refractivity contribution < 1.29 is 14.3 Å². The Labute approximate surface area is 117 Å². The van der Waals surface area contributed by atoms with E-state index >= 15 is 0 Å². The van der Waals surface area contributed by atoms with Crippen molar-refractivity contribution in [1.82, 2.24) is 10.3 Å². The fourth-order valence-corrected chi connectivity index (χ4v) is 1.94. The molecule has 20 heavy (non-hydrogen) atoms. The molecule has 0 spiro atoms. The quantitative estimate of drug-likeness (QED) is 0.906. The molecule has 0 aliphatic rings. The van der Waals surface area contributed by atoms with Gasteiger partial charge in [-0.2, -0.15) is 0 Å². The largest absolute Gasteiger partial charge is 0.497 e. The Bertz CT molecular complexity index is 626. The van der Waals surface area contributed by atoms with Crippen LogP contribution in [-0.2, 0) is 4.79 Å². The van der Waals surface area contributed by atoms with E-state index in [0.29, 0.717) is 12.3 Å². The van der Waals surface area contributed by atoms with Crippen molar-refractivity contribution >= 4 is 16.8 Å². The molecule has 1 aromatic carbocycles. The van der Waals surface area contributed by atoms with Gasteiger partial charge in [0.2, 0.25) is 0 Å². The van der Waals surface area contributed by atoms with Crippen LogP contribution in [0.5, 0.6) is 11.5 Å². The third-order valence-corrected chi connectivity index (χ3v) is 2.84. The molecular weight excluding hydrogens is 256 g/mol. The average Bonchev–Trinajstić information content (AvgIpc) is 2.44. The zero-order valence-corrected chi connectivity index (χ0v) is 11.9. The highest BCUT2D eigenvalue weighted by Gasteiger charge is 2.08. The number of aromatic nitrogens is 1. The molecule has 5 heteroatoms. The van der Waals surface area contributed by atoms with E-state index in [1.54, 1.807) is 7.11 Å². The number of fused-ring (bicyclic) bond motifs is 1. The van der Waals surface area contributed by atoms with Gasteiger partial charge in [0.15, 0.2) is 6.61 Å². The number of hydrogen-bond acceptors (Lipinski definition) is 4. The maximum absolute atomic E-state index is 11.5. The van der Waals surface area contributed by atoms with Gasteiger partial charge in [-0.15, -0.1) is 0 Å². The van der Waals surface area contributed by atoms with Crippen LogP contribution < -0.4 is 14.8 Å². The smallest absolute Gasteiger partial charge is 0.257 e. The van der Waals surface area contributed by atoms with Gasteiger partial charge in [-0.1, -0.05) is 0 Å². The molecule has 1 amide bonds. The van der Waals surface area contributed by atoms with Crippen LogP contribution in [0.3, 0.4) is 0 Å². The van der Waals surface area contributed by atoms with Crippen LogP contribution >= 0.6 is 0 Å². The summed E-state index contributed by atoms with van der Waals surface area (Å²) in [6, 6.07) is 7.40. The maximum atomic E-state index is 11.5.